The number of rotatable bonds is 7. The Labute approximate surface area is 133 Å². The summed E-state index contributed by atoms with van der Waals surface area (Å²) in [5.41, 5.74) is 0.864. The third kappa shape index (κ3) is 4.35. The molecule has 8 nitrogen and oxygen atoms in total. The quantitative estimate of drug-likeness (QED) is 0.786. The molecule has 0 spiro atoms. The molecule has 8 heteroatoms. The molecule has 2 atom stereocenters. The Morgan fingerprint density at radius 1 is 1.39 bits per heavy atom. The van der Waals surface area contributed by atoms with Crippen molar-refractivity contribution in [3.05, 3.63) is 42.0 Å². The summed E-state index contributed by atoms with van der Waals surface area (Å²) < 4.78 is 1.48. The molecule has 2 N–H and O–H groups in total. The Morgan fingerprint density at radius 2 is 2.17 bits per heavy atom. The van der Waals surface area contributed by atoms with Crippen molar-refractivity contribution in [3.63, 3.8) is 0 Å². The third-order valence-electron chi connectivity index (χ3n) is 3.59. The third-order valence-corrected chi connectivity index (χ3v) is 3.59. The van der Waals surface area contributed by atoms with E-state index in [9.17, 15) is 14.7 Å². The number of pyridine rings is 1. The smallest absolute Gasteiger partial charge is 0.326 e. The van der Waals surface area contributed by atoms with Gasteiger partial charge < -0.3 is 10.4 Å². The molecule has 2 aromatic rings. The van der Waals surface area contributed by atoms with Crippen molar-refractivity contribution >= 4 is 11.9 Å². The first-order valence-corrected chi connectivity index (χ1v) is 7.35. The van der Waals surface area contributed by atoms with E-state index in [1.54, 1.807) is 13.1 Å². The Kier molecular flexibility index (Phi) is 5.40. The number of carbonyl (C=O) groups excluding carboxylic acids is 1. The minimum Gasteiger partial charge on any atom is -0.480 e. The normalized spacial score (nSPS) is 13.3. The second-order valence-electron chi connectivity index (χ2n) is 5.30. The number of amides is 1. The zero-order chi connectivity index (χ0) is 16.8. The monoisotopic (exact) mass is 317 g/mol. The van der Waals surface area contributed by atoms with E-state index in [4.69, 9.17) is 0 Å². The summed E-state index contributed by atoms with van der Waals surface area (Å²) in [6.45, 7) is 4.03. The number of nitrogens with zero attached hydrogens (tertiary/aromatic N) is 4. The number of aliphatic carboxylic acids is 1. The van der Waals surface area contributed by atoms with Crippen LogP contribution in [-0.4, -0.2) is 43.0 Å². The SMILES string of the molecule is CC[C@H](C)[C@H](NC(=O)c1cn(Cc2ccccn2)nn1)C(=O)O. The molecule has 0 aliphatic heterocycles. The van der Waals surface area contributed by atoms with Crippen LogP contribution in [0.25, 0.3) is 0 Å². The average molecular weight is 317 g/mol. The van der Waals surface area contributed by atoms with E-state index < -0.39 is 17.9 Å². The van der Waals surface area contributed by atoms with Crippen LogP contribution < -0.4 is 5.32 Å². The maximum Gasteiger partial charge on any atom is 0.326 e. The van der Waals surface area contributed by atoms with Crippen LogP contribution in [0, 0.1) is 5.92 Å². The molecule has 0 radical (unpaired) electrons. The molecule has 2 rings (SSSR count). The lowest BCUT2D eigenvalue weighted by Gasteiger charge is -2.19. The molecular weight excluding hydrogens is 298 g/mol. The molecule has 1 amide bonds. The van der Waals surface area contributed by atoms with Gasteiger partial charge in [0.15, 0.2) is 5.69 Å². The van der Waals surface area contributed by atoms with E-state index in [0.29, 0.717) is 13.0 Å². The summed E-state index contributed by atoms with van der Waals surface area (Å²) in [4.78, 5) is 27.6. The van der Waals surface area contributed by atoms with Gasteiger partial charge >= 0.3 is 5.97 Å². The van der Waals surface area contributed by atoms with Crippen LogP contribution in [0.15, 0.2) is 30.6 Å². The molecule has 2 heterocycles. The maximum absolute atomic E-state index is 12.1. The highest BCUT2D eigenvalue weighted by Gasteiger charge is 2.26. The lowest BCUT2D eigenvalue weighted by atomic mass is 9.99. The minimum absolute atomic E-state index is 0.0792. The van der Waals surface area contributed by atoms with E-state index in [2.05, 4.69) is 20.6 Å². The second-order valence-corrected chi connectivity index (χ2v) is 5.30. The van der Waals surface area contributed by atoms with E-state index in [0.717, 1.165) is 5.69 Å². The van der Waals surface area contributed by atoms with Gasteiger partial charge in [-0.1, -0.05) is 31.5 Å². The van der Waals surface area contributed by atoms with Gasteiger partial charge in [0.1, 0.15) is 6.04 Å². The van der Waals surface area contributed by atoms with Gasteiger partial charge in [0.25, 0.3) is 5.91 Å². The molecule has 0 bridgehead atoms. The second kappa shape index (κ2) is 7.48. The van der Waals surface area contributed by atoms with Crippen LogP contribution in [-0.2, 0) is 11.3 Å². The highest BCUT2D eigenvalue weighted by molar-refractivity contribution is 5.94. The average Bonchev–Trinajstić information content (AvgIpc) is 3.01. The summed E-state index contributed by atoms with van der Waals surface area (Å²) in [5, 5.41) is 19.4. The van der Waals surface area contributed by atoms with Gasteiger partial charge in [0.05, 0.1) is 18.4 Å². The Balaban J connectivity index is 2.04. The van der Waals surface area contributed by atoms with E-state index in [-0.39, 0.29) is 11.6 Å². The van der Waals surface area contributed by atoms with Crippen LogP contribution in [0.5, 0.6) is 0 Å². The summed E-state index contributed by atoms with van der Waals surface area (Å²) >= 11 is 0. The minimum atomic E-state index is -1.06. The summed E-state index contributed by atoms with van der Waals surface area (Å²) in [7, 11) is 0. The fraction of sp³-hybridized carbons (Fsp3) is 0.400. The number of hydrogen-bond donors (Lipinski definition) is 2. The van der Waals surface area contributed by atoms with Gasteiger partial charge in [-0.25, -0.2) is 9.48 Å². The number of nitrogens with one attached hydrogen (secondary N) is 1. The van der Waals surface area contributed by atoms with Crippen molar-refractivity contribution in [3.8, 4) is 0 Å². The van der Waals surface area contributed by atoms with Gasteiger partial charge in [-0.2, -0.15) is 0 Å². The van der Waals surface area contributed by atoms with Crippen LogP contribution in [0.3, 0.4) is 0 Å². The van der Waals surface area contributed by atoms with Crippen LogP contribution in [0.4, 0.5) is 0 Å². The summed E-state index contributed by atoms with van der Waals surface area (Å²) in [6, 6.07) is 4.56. The standard InChI is InChI=1S/C15H19N5O3/c1-3-10(2)13(15(22)23)17-14(21)12-9-20(19-18-12)8-11-6-4-5-7-16-11/h4-7,9-10,13H,3,8H2,1-2H3,(H,17,21)(H,22,23)/t10-,13-/m0/s1. The number of aromatic nitrogens is 4. The molecule has 0 fully saturated rings. The molecule has 122 valence electrons. The first-order valence-electron chi connectivity index (χ1n) is 7.35. The highest BCUT2D eigenvalue weighted by atomic mass is 16.4. The van der Waals surface area contributed by atoms with Crippen molar-refractivity contribution in [2.24, 2.45) is 5.92 Å². The molecule has 0 aliphatic carbocycles. The first kappa shape index (κ1) is 16.6. The van der Waals surface area contributed by atoms with Crippen molar-refractivity contribution < 1.29 is 14.7 Å². The maximum atomic E-state index is 12.1. The fourth-order valence-corrected chi connectivity index (χ4v) is 2.04. The lowest BCUT2D eigenvalue weighted by Crippen LogP contribution is -2.45. The molecular formula is C15H19N5O3. The molecule has 0 aromatic carbocycles. The van der Waals surface area contributed by atoms with Gasteiger partial charge in [0, 0.05) is 6.20 Å². The summed E-state index contributed by atoms with van der Waals surface area (Å²) in [6.07, 6.45) is 3.78. The van der Waals surface area contributed by atoms with Gasteiger partial charge in [-0.3, -0.25) is 9.78 Å². The van der Waals surface area contributed by atoms with E-state index in [1.165, 1.54) is 10.9 Å². The Hall–Kier alpha value is -2.77. The number of hydrogen-bond acceptors (Lipinski definition) is 5. The summed E-state index contributed by atoms with van der Waals surface area (Å²) in [5.74, 6) is -1.79. The van der Waals surface area contributed by atoms with E-state index in [1.807, 2.05) is 25.1 Å². The van der Waals surface area contributed by atoms with Crippen LogP contribution in [0.2, 0.25) is 0 Å². The topological polar surface area (TPSA) is 110 Å². The van der Waals surface area contributed by atoms with Gasteiger partial charge in [-0.05, 0) is 18.1 Å². The largest absolute Gasteiger partial charge is 0.480 e. The van der Waals surface area contributed by atoms with Crippen molar-refractivity contribution in [2.45, 2.75) is 32.9 Å². The van der Waals surface area contributed by atoms with Crippen molar-refractivity contribution in [2.75, 3.05) is 0 Å². The lowest BCUT2D eigenvalue weighted by molar-refractivity contribution is -0.140. The number of carbonyl (C=O) groups is 2. The molecule has 2 aromatic heterocycles. The predicted molar refractivity (Wildman–Crippen MR) is 81.7 cm³/mol. The van der Waals surface area contributed by atoms with Crippen molar-refractivity contribution in [1.29, 1.82) is 0 Å². The molecule has 0 saturated heterocycles. The van der Waals surface area contributed by atoms with Gasteiger partial charge in [-0.15, -0.1) is 5.10 Å². The number of carboxylic acid groups (broad SMARTS) is 1. The number of carboxylic acids is 1. The fourth-order valence-electron chi connectivity index (χ4n) is 2.04. The van der Waals surface area contributed by atoms with Crippen molar-refractivity contribution in [1.82, 2.24) is 25.3 Å². The molecule has 23 heavy (non-hydrogen) atoms. The van der Waals surface area contributed by atoms with Crippen LogP contribution >= 0.6 is 0 Å². The molecule has 0 saturated carbocycles. The Bertz CT molecular complexity index is 671. The zero-order valence-electron chi connectivity index (χ0n) is 13.0. The predicted octanol–water partition coefficient (Wildman–Crippen LogP) is 0.950. The van der Waals surface area contributed by atoms with Gasteiger partial charge in [0.2, 0.25) is 0 Å². The Morgan fingerprint density at radius 3 is 2.78 bits per heavy atom. The molecule has 0 aliphatic rings. The first-order chi connectivity index (χ1) is 11.0. The van der Waals surface area contributed by atoms with E-state index >= 15 is 0 Å². The van der Waals surface area contributed by atoms with Crippen LogP contribution in [0.1, 0.15) is 36.5 Å². The zero-order valence-corrected chi connectivity index (χ0v) is 13.0. The molecule has 0 unspecified atom stereocenters. The highest BCUT2D eigenvalue weighted by Crippen LogP contribution is 2.09.